The first-order chi connectivity index (χ1) is 13.1. The Balaban J connectivity index is 2.24. The predicted octanol–water partition coefficient (Wildman–Crippen LogP) is 3.48. The number of para-hydroxylation sites is 1. The van der Waals surface area contributed by atoms with Crippen molar-refractivity contribution < 1.29 is 32.3 Å². The SMILES string of the molecule is COC(=O)c1ccccc1NC(=O)CN(C(C)=O)c1cccc(C(F)(F)F)c1. The number of methoxy groups -OCH3 is 1. The van der Waals surface area contributed by atoms with E-state index in [1.54, 1.807) is 12.1 Å². The fourth-order valence-electron chi connectivity index (χ4n) is 2.45. The van der Waals surface area contributed by atoms with E-state index in [2.05, 4.69) is 10.1 Å². The number of benzene rings is 2. The van der Waals surface area contributed by atoms with Crippen LogP contribution in [0.25, 0.3) is 0 Å². The van der Waals surface area contributed by atoms with Crippen LogP contribution in [-0.4, -0.2) is 31.4 Å². The molecule has 0 atom stereocenters. The van der Waals surface area contributed by atoms with Crippen molar-refractivity contribution in [1.29, 1.82) is 0 Å². The first kappa shape index (κ1) is 20.9. The number of anilines is 2. The molecule has 2 rings (SSSR count). The normalized spacial score (nSPS) is 10.9. The lowest BCUT2D eigenvalue weighted by Gasteiger charge is -2.22. The number of esters is 1. The number of nitrogens with one attached hydrogen (secondary N) is 1. The lowest BCUT2D eigenvalue weighted by Crippen LogP contribution is -2.37. The fourth-order valence-corrected chi connectivity index (χ4v) is 2.45. The molecule has 0 saturated heterocycles. The number of nitrogens with zero attached hydrogens (tertiary/aromatic N) is 1. The highest BCUT2D eigenvalue weighted by Gasteiger charge is 2.31. The molecule has 2 aromatic carbocycles. The van der Waals surface area contributed by atoms with Crippen LogP contribution in [0.15, 0.2) is 48.5 Å². The molecule has 6 nitrogen and oxygen atoms in total. The van der Waals surface area contributed by atoms with Crippen LogP contribution in [0.2, 0.25) is 0 Å². The number of rotatable bonds is 5. The summed E-state index contributed by atoms with van der Waals surface area (Å²) in [5, 5.41) is 2.47. The Bertz CT molecular complexity index is 897. The summed E-state index contributed by atoms with van der Waals surface area (Å²) in [6.07, 6.45) is -4.58. The third-order valence-electron chi connectivity index (χ3n) is 3.77. The molecule has 2 amide bonds. The maximum absolute atomic E-state index is 12.9. The molecule has 1 N–H and O–H groups in total. The van der Waals surface area contributed by atoms with E-state index in [4.69, 9.17) is 0 Å². The van der Waals surface area contributed by atoms with Gasteiger partial charge in [-0.2, -0.15) is 13.2 Å². The topological polar surface area (TPSA) is 75.7 Å². The van der Waals surface area contributed by atoms with Crippen molar-refractivity contribution in [3.63, 3.8) is 0 Å². The highest BCUT2D eigenvalue weighted by molar-refractivity contribution is 6.05. The van der Waals surface area contributed by atoms with Gasteiger partial charge in [0.2, 0.25) is 11.8 Å². The average molecular weight is 394 g/mol. The molecule has 0 aliphatic carbocycles. The third-order valence-corrected chi connectivity index (χ3v) is 3.77. The molecule has 0 fully saturated rings. The maximum atomic E-state index is 12.9. The van der Waals surface area contributed by atoms with E-state index in [-0.39, 0.29) is 16.9 Å². The summed E-state index contributed by atoms with van der Waals surface area (Å²) in [7, 11) is 1.19. The van der Waals surface area contributed by atoms with Gasteiger partial charge in [-0.05, 0) is 30.3 Å². The van der Waals surface area contributed by atoms with E-state index in [9.17, 15) is 27.6 Å². The molecule has 0 radical (unpaired) electrons. The molecule has 0 spiro atoms. The van der Waals surface area contributed by atoms with Crippen LogP contribution in [0.1, 0.15) is 22.8 Å². The van der Waals surface area contributed by atoms with Crippen LogP contribution in [0, 0.1) is 0 Å². The fraction of sp³-hybridized carbons (Fsp3) is 0.211. The van der Waals surface area contributed by atoms with Gasteiger partial charge in [0.05, 0.1) is 23.9 Å². The molecule has 0 saturated carbocycles. The Kier molecular flexibility index (Phi) is 6.40. The molecule has 0 aliphatic rings. The van der Waals surface area contributed by atoms with Gasteiger partial charge in [0, 0.05) is 12.6 Å². The Labute approximate surface area is 158 Å². The number of carbonyl (C=O) groups excluding carboxylic acids is 3. The Morgan fingerprint density at radius 1 is 1.07 bits per heavy atom. The molecular weight excluding hydrogens is 377 g/mol. The van der Waals surface area contributed by atoms with E-state index in [1.807, 2.05) is 0 Å². The van der Waals surface area contributed by atoms with Gasteiger partial charge in [0.15, 0.2) is 0 Å². The summed E-state index contributed by atoms with van der Waals surface area (Å²) in [5.74, 6) is -1.98. The Hall–Kier alpha value is -3.36. The lowest BCUT2D eigenvalue weighted by molar-refractivity contribution is -0.137. The van der Waals surface area contributed by atoms with Crippen LogP contribution in [0.3, 0.4) is 0 Å². The molecule has 0 aliphatic heterocycles. The smallest absolute Gasteiger partial charge is 0.416 e. The molecule has 0 unspecified atom stereocenters. The van der Waals surface area contributed by atoms with E-state index < -0.39 is 36.1 Å². The van der Waals surface area contributed by atoms with Crippen molar-refractivity contribution in [2.75, 3.05) is 23.9 Å². The number of hydrogen-bond donors (Lipinski definition) is 1. The van der Waals surface area contributed by atoms with E-state index >= 15 is 0 Å². The van der Waals surface area contributed by atoms with Gasteiger partial charge >= 0.3 is 12.1 Å². The summed E-state index contributed by atoms with van der Waals surface area (Å²) in [6.45, 7) is 0.599. The van der Waals surface area contributed by atoms with E-state index in [0.717, 1.165) is 30.0 Å². The summed E-state index contributed by atoms with van der Waals surface area (Å²) in [6, 6.07) is 10.2. The summed E-state index contributed by atoms with van der Waals surface area (Å²) in [4.78, 5) is 36.9. The van der Waals surface area contributed by atoms with E-state index in [1.165, 1.54) is 25.3 Å². The first-order valence-electron chi connectivity index (χ1n) is 8.06. The number of carbonyl (C=O) groups is 3. The third kappa shape index (κ3) is 5.09. The van der Waals surface area contributed by atoms with E-state index in [0.29, 0.717) is 0 Å². The maximum Gasteiger partial charge on any atom is 0.416 e. The molecule has 9 heteroatoms. The summed E-state index contributed by atoms with van der Waals surface area (Å²) >= 11 is 0. The zero-order chi connectivity index (χ0) is 20.9. The number of amides is 2. The zero-order valence-corrected chi connectivity index (χ0v) is 15.0. The highest BCUT2D eigenvalue weighted by atomic mass is 19.4. The predicted molar refractivity (Wildman–Crippen MR) is 95.9 cm³/mol. The van der Waals surface area contributed by atoms with Crippen molar-refractivity contribution >= 4 is 29.2 Å². The molecular formula is C19H17F3N2O4. The summed E-state index contributed by atoms with van der Waals surface area (Å²) in [5.41, 5.74) is -0.745. The van der Waals surface area contributed by atoms with Crippen molar-refractivity contribution in [2.45, 2.75) is 13.1 Å². The minimum atomic E-state index is -4.58. The van der Waals surface area contributed by atoms with Gasteiger partial charge < -0.3 is 15.0 Å². The van der Waals surface area contributed by atoms with Gasteiger partial charge in [-0.1, -0.05) is 18.2 Å². The van der Waals surface area contributed by atoms with Gasteiger partial charge in [0.25, 0.3) is 0 Å². The van der Waals surface area contributed by atoms with Crippen LogP contribution in [0.4, 0.5) is 24.5 Å². The zero-order valence-electron chi connectivity index (χ0n) is 15.0. The molecule has 148 valence electrons. The minimum absolute atomic E-state index is 0.0706. The van der Waals surface area contributed by atoms with Gasteiger partial charge in [-0.15, -0.1) is 0 Å². The molecule has 2 aromatic rings. The highest BCUT2D eigenvalue weighted by Crippen LogP contribution is 2.31. The monoisotopic (exact) mass is 394 g/mol. The van der Waals surface area contributed by atoms with Crippen LogP contribution in [-0.2, 0) is 20.5 Å². The standard InChI is InChI=1S/C19H17F3N2O4/c1-12(25)24(14-7-5-6-13(10-14)19(20,21)22)11-17(26)23-16-9-4-3-8-15(16)18(27)28-2/h3-10H,11H2,1-2H3,(H,23,26). The van der Waals surface area contributed by atoms with Crippen molar-refractivity contribution in [2.24, 2.45) is 0 Å². The first-order valence-corrected chi connectivity index (χ1v) is 8.06. The number of halogens is 3. The number of alkyl halides is 3. The molecule has 28 heavy (non-hydrogen) atoms. The van der Waals surface area contributed by atoms with Gasteiger partial charge in [-0.25, -0.2) is 4.79 Å². The van der Waals surface area contributed by atoms with Crippen molar-refractivity contribution in [3.8, 4) is 0 Å². The Morgan fingerprint density at radius 3 is 2.36 bits per heavy atom. The second kappa shape index (κ2) is 8.55. The molecule has 0 heterocycles. The van der Waals surface area contributed by atoms with Crippen molar-refractivity contribution in [3.05, 3.63) is 59.7 Å². The summed E-state index contributed by atoms with van der Waals surface area (Å²) < 4.78 is 43.4. The van der Waals surface area contributed by atoms with Crippen LogP contribution >= 0.6 is 0 Å². The van der Waals surface area contributed by atoms with Crippen LogP contribution < -0.4 is 10.2 Å². The second-order valence-electron chi connectivity index (χ2n) is 5.74. The van der Waals surface area contributed by atoms with Gasteiger partial charge in [-0.3, -0.25) is 9.59 Å². The largest absolute Gasteiger partial charge is 0.465 e. The van der Waals surface area contributed by atoms with Gasteiger partial charge in [0.1, 0.15) is 6.54 Å². The molecule has 0 bridgehead atoms. The molecule has 0 aromatic heterocycles. The van der Waals surface area contributed by atoms with Crippen LogP contribution in [0.5, 0.6) is 0 Å². The minimum Gasteiger partial charge on any atom is -0.465 e. The lowest BCUT2D eigenvalue weighted by atomic mass is 10.1. The Morgan fingerprint density at radius 2 is 1.75 bits per heavy atom. The second-order valence-corrected chi connectivity index (χ2v) is 5.74. The van der Waals surface area contributed by atoms with Crippen molar-refractivity contribution in [1.82, 2.24) is 0 Å². The quantitative estimate of drug-likeness (QED) is 0.788. The number of hydrogen-bond acceptors (Lipinski definition) is 4. The number of ether oxygens (including phenoxy) is 1. The average Bonchev–Trinajstić information content (AvgIpc) is 2.65.